The number of aromatic amines is 1. The normalized spacial score (nSPS) is 17.9. The lowest BCUT2D eigenvalue weighted by molar-refractivity contribution is -0.124. The number of hydrogen-bond donors (Lipinski definition) is 2. The largest absolute Gasteiger partial charge is 0.354 e. The van der Waals surface area contributed by atoms with E-state index in [4.69, 9.17) is 12.2 Å². The van der Waals surface area contributed by atoms with Gasteiger partial charge in [-0.15, -0.1) is 0 Å². The topological polar surface area (TPSA) is 100 Å². The number of amides is 1. The van der Waals surface area contributed by atoms with Crippen LogP contribution in [0.5, 0.6) is 0 Å². The number of benzene rings is 1. The van der Waals surface area contributed by atoms with Gasteiger partial charge in [-0.3, -0.25) is 9.89 Å². The molecular weight excluding hydrogens is 386 g/mol. The van der Waals surface area contributed by atoms with Crippen LogP contribution >= 0.6 is 12.2 Å². The zero-order valence-electron chi connectivity index (χ0n) is 15.3. The Hall–Kier alpha value is -2.04. The molecule has 27 heavy (non-hydrogen) atoms. The van der Waals surface area contributed by atoms with Gasteiger partial charge in [-0.2, -0.15) is 9.40 Å². The average Bonchev–Trinajstić information content (AvgIpc) is 3.25. The molecule has 146 valence electrons. The molecule has 8 nitrogen and oxygen atoms in total. The molecule has 0 saturated carbocycles. The molecule has 1 atom stereocenters. The summed E-state index contributed by atoms with van der Waals surface area (Å²) in [6, 6.07) is 6.01. The second-order valence-corrected chi connectivity index (χ2v) is 8.91. The molecule has 1 aromatic heterocycles. The van der Waals surface area contributed by atoms with E-state index < -0.39 is 16.1 Å². The van der Waals surface area contributed by atoms with Gasteiger partial charge in [-0.05, 0) is 44.1 Å². The number of aromatic nitrogens is 3. The van der Waals surface area contributed by atoms with Gasteiger partial charge < -0.3 is 9.88 Å². The SMILES string of the molecule is Cc1ccc(S(=O)(=O)N2CCC[C@H]2C(=O)NCCc2n[nH]c(=S)n2C)cc1. The summed E-state index contributed by atoms with van der Waals surface area (Å²) in [7, 11) is -1.89. The van der Waals surface area contributed by atoms with Crippen molar-refractivity contribution in [2.75, 3.05) is 13.1 Å². The highest BCUT2D eigenvalue weighted by Gasteiger charge is 2.39. The Labute approximate surface area is 163 Å². The van der Waals surface area contributed by atoms with E-state index in [2.05, 4.69) is 15.5 Å². The van der Waals surface area contributed by atoms with Crippen molar-refractivity contribution in [3.63, 3.8) is 0 Å². The molecule has 10 heteroatoms. The first-order valence-electron chi connectivity index (χ1n) is 8.77. The Kier molecular flexibility index (Phi) is 5.78. The predicted octanol–water partition coefficient (Wildman–Crippen LogP) is 1.30. The molecule has 0 bridgehead atoms. The highest BCUT2D eigenvalue weighted by atomic mass is 32.2. The van der Waals surface area contributed by atoms with Crippen molar-refractivity contribution >= 4 is 28.1 Å². The van der Waals surface area contributed by atoms with Crippen molar-refractivity contribution in [1.29, 1.82) is 0 Å². The van der Waals surface area contributed by atoms with Crippen molar-refractivity contribution in [2.24, 2.45) is 7.05 Å². The van der Waals surface area contributed by atoms with Crippen LogP contribution in [0.15, 0.2) is 29.2 Å². The molecule has 1 aliphatic rings. The average molecular weight is 410 g/mol. The molecule has 1 amide bonds. The van der Waals surface area contributed by atoms with Gasteiger partial charge in [0.2, 0.25) is 15.9 Å². The van der Waals surface area contributed by atoms with E-state index in [-0.39, 0.29) is 10.8 Å². The van der Waals surface area contributed by atoms with Crippen molar-refractivity contribution < 1.29 is 13.2 Å². The number of sulfonamides is 1. The van der Waals surface area contributed by atoms with Crippen LogP contribution in [0, 0.1) is 11.7 Å². The van der Waals surface area contributed by atoms with Gasteiger partial charge in [0.25, 0.3) is 0 Å². The number of aryl methyl sites for hydroxylation is 1. The summed E-state index contributed by atoms with van der Waals surface area (Å²) >= 11 is 5.06. The van der Waals surface area contributed by atoms with Crippen LogP contribution in [0.1, 0.15) is 24.2 Å². The molecular formula is C17H23N5O3S2. The lowest BCUT2D eigenvalue weighted by Crippen LogP contribution is -2.46. The number of rotatable bonds is 6. The molecule has 1 aliphatic heterocycles. The van der Waals surface area contributed by atoms with Crippen molar-refractivity contribution in [2.45, 2.75) is 37.1 Å². The van der Waals surface area contributed by atoms with Gasteiger partial charge in [0.15, 0.2) is 4.77 Å². The van der Waals surface area contributed by atoms with Gasteiger partial charge in [0.05, 0.1) is 4.90 Å². The van der Waals surface area contributed by atoms with E-state index in [0.29, 0.717) is 37.1 Å². The minimum absolute atomic E-state index is 0.217. The van der Waals surface area contributed by atoms with Crippen LogP contribution in [-0.4, -0.2) is 52.5 Å². The third kappa shape index (κ3) is 4.12. The second kappa shape index (κ2) is 7.91. The zero-order chi connectivity index (χ0) is 19.6. The van der Waals surface area contributed by atoms with E-state index in [1.807, 2.05) is 6.92 Å². The highest BCUT2D eigenvalue weighted by molar-refractivity contribution is 7.89. The maximum atomic E-state index is 12.9. The lowest BCUT2D eigenvalue weighted by Gasteiger charge is -2.23. The van der Waals surface area contributed by atoms with Crippen molar-refractivity contribution in [3.8, 4) is 0 Å². The minimum Gasteiger partial charge on any atom is -0.354 e. The van der Waals surface area contributed by atoms with Gasteiger partial charge in [0, 0.05) is 26.6 Å². The number of nitrogens with one attached hydrogen (secondary N) is 2. The summed E-state index contributed by atoms with van der Waals surface area (Å²) in [5.74, 6) is 0.454. The molecule has 1 fully saturated rings. The summed E-state index contributed by atoms with van der Waals surface area (Å²) in [6.07, 6.45) is 1.69. The third-order valence-electron chi connectivity index (χ3n) is 4.75. The maximum absolute atomic E-state index is 12.9. The Morgan fingerprint density at radius 2 is 2.07 bits per heavy atom. The number of hydrogen-bond acceptors (Lipinski definition) is 5. The first-order chi connectivity index (χ1) is 12.8. The lowest BCUT2D eigenvalue weighted by atomic mass is 10.2. The Balaban J connectivity index is 1.66. The summed E-state index contributed by atoms with van der Waals surface area (Å²) in [5, 5.41) is 9.62. The van der Waals surface area contributed by atoms with Crippen LogP contribution in [-0.2, 0) is 28.3 Å². The van der Waals surface area contributed by atoms with Gasteiger partial charge in [-0.1, -0.05) is 17.7 Å². The zero-order valence-corrected chi connectivity index (χ0v) is 16.9. The summed E-state index contributed by atoms with van der Waals surface area (Å²) < 4.78 is 29.4. The Bertz CT molecular complexity index is 979. The monoisotopic (exact) mass is 409 g/mol. The van der Waals surface area contributed by atoms with Crippen LogP contribution < -0.4 is 5.32 Å². The van der Waals surface area contributed by atoms with E-state index in [0.717, 1.165) is 11.4 Å². The first-order valence-corrected chi connectivity index (χ1v) is 10.6. The van der Waals surface area contributed by atoms with E-state index in [1.54, 1.807) is 35.9 Å². The fourth-order valence-corrected chi connectivity index (χ4v) is 4.96. The Morgan fingerprint density at radius 1 is 1.37 bits per heavy atom. The standard InChI is InChI=1S/C17H23N5O3S2/c1-12-5-7-13(8-6-12)27(24,25)22-11-3-4-14(22)16(23)18-10-9-15-19-20-17(26)21(15)2/h5-8,14H,3-4,9-11H2,1-2H3,(H,18,23)(H,20,26)/t14-/m0/s1. The number of H-pyrrole nitrogens is 1. The molecule has 2 N–H and O–H groups in total. The predicted molar refractivity (Wildman–Crippen MR) is 103 cm³/mol. The van der Waals surface area contributed by atoms with Gasteiger partial charge >= 0.3 is 0 Å². The Morgan fingerprint density at radius 3 is 2.70 bits per heavy atom. The van der Waals surface area contributed by atoms with Crippen LogP contribution in [0.4, 0.5) is 0 Å². The summed E-state index contributed by atoms with van der Waals surface area (Å²) in [5.41, 5.74) is 0.985. The quantitative estimate of drug-likeness (QED) is 0.701. The molecule has 0 unspecified atom stereocenters. The van der Waals surface area contributed by atoms with Crippen LogP contribution in [0.2, 0.25) is 0 Å². The molecule has 0 aliphatic carbocycles. The van der Waals surface area contributed by atoms with Crippen LogP contribution in [0.25, 0.3) is 0 Å². The molecule has 1 saturated heterocycles. The summed E-state index contributed by atoms with van der Waals surface area (Å²) in [6.45, 7) is 2.61. The van der Waals surface area contributed by atoms with E-state index in [1.165, 1.54) is 4.31 Å². The fraction of sp³-hybridized carbons (Fsp3) is 0.471. The van der Waals surface area contributed by atoms with Crippen LogP contribution in [0.3, 0.4) is 0 Å². The fourth-order valence-electron chi connectivity index (χ4n) is 3.15. The number of carbonyl (C=O) groups is 1. The molecule has 0 radical (unpaired) electrons. The van der Waals surface area contributed by atoms with E-state index >= 15 is 0 Å². The number of carbonyl (C=O) groups excluding carboxylic acids is 1. The molecule has 0 spiro atoms. The van der Waals surface area contributed by atoms with Gasteiger partial charge in [-0.25, -0.2) is 8.42 Å². The maximum Gasteiger partial charge on any atom is 0.243 e. The van der Waals surface area contributed by atoms with Gasteiger partial charge in [0.1, 0.15) is 11.9 Å². The molecule has 3 rings (SSSR count). The third-order valence-corrected chi connectivity index (χ3v) is 7.04. The number of nitrogens with zero attached hydrogens (tertiary/aromatic N) is 3. The smallest absolute Gasteiger partial charge is 0.243 e. The molecule has 1 aromatic carbocycles. The van der Waals surface area contributed by atoms with Crippen molar-refractivity contribution in [1.82, 2.24) is 24.4 Å². The molecule has 2 aromatic rings. The minimum atomic E-state index is -3.69. The summed E-state index contributed by atoms with van der Waals surface area (Å²) in [4.78, 5) is 12.8. The molecule has 2 heterocycles. The second-order valence-electron chi connectivity index (χ2n) is 6.63. The van der Waals surface area contributed by atoms with E-state index in [9.17, 15) is 13.2 Å². The first kappa shape index (κ1) is 19.7. The van der Waals surface area contributed by atoms with Crippen molar-refractivity contribution in [3.05, 3.63) is 40.4 Å². The highest BCUT2D eigenvalue weighted by Crippen LogP contribution is 2.26.